The number of hydrogen-bond acceptors (Lipinski definition) is 10. The maximum absolute atomic E-state index is 12.8. The molecule has 0 saturated heterocycles. The number of amides is 2. The normalized spacial score (nSPS) is 17.8. The van der Waals surface area contributed by atoms with Gasteiger partial charge in [-0.25, -0.2) is 9.59 Å². The molecule has 0 radical (unpaired) electrons. The molecule has 0 bridgehead atoms. The van der Waals surface area contributed by atoms with Gasteiger partial charge in [0.05, 0.1) is 13.1 Å². The van der Waals surface area contributed by atoms with E-state index in [9.17, 15) is 19.2 Å². The molecule has 0 spiro atoms. The molecule has 0 saturated carbocycles. The van der Waals surface area contributed by atoms with Gasteiger partial charge in [-0.1, -0.05) is 87.1 Å². The third kappa shape index (κ3) is 18.4. The average molecular weight is 941 g/mol. The molecule has 376 valence electrons. The number of carbonyl (C=O) groups is 4. The summed E-state index contributed by atoms with van der Waals surface area (Å²) >= 11 is 0. The van der Waals surface area contributed by atoms with E-state index in [4.69, 9.17) is 18.9 Å². The highest BCUT2D eigenvalue weighted by Crippen LogP contribution is 2.49. The fourth-order valence-corrected chi connectivity index (χ4v) is 8.95. The SMILES string of the molecule is C=C(C)C1CCC(C)=CC1c1c(OC(=O)CN(C)C)cc(CCCCC)cc1OC(=O)CN(C)C.C=C(C)C1CCC(C)=CC1c1c(OC(=O)NCC)cc(CCCCC)cc1OC(=O)NCC. The first-order valence-electron chi connectivity index (χ1n) is 24.9. The predicted molar refractivity (Wildman–Crippen MR) is 275 cm³/mol. The van der Waals surface area contributed by atoms with E-state index in [1.165, 1.54) is 11.1 Å². The van der Waals surface area contributed by atoms with Crippen LogP contribution in [0.4, 0.5) is 9.59 Å². The predicted octanol–water partition coefficient (Wildman–Crippen LogP) is 12.0. The third-order valence-electron chi connectivity index (χ3n) is 12.3. The maximum Gasteiger partial charge on any atom is 0.412 e. The van der Waals surface area contributed by atoms with Gasteiger partial charge in [0.15, 0.2) is 0 Å². The van der Waals surface area contributed by atoms with Crippen molar-refractivity contribution in [3.8, 4) is 23.0 Å². The van der Waals surface area contributed by atoms with E-state index in [0.29, 0.717) is 36.1 Å². The summed E-state index contributed by atoms with van der Waals surface area (Å²) in [6.45, 7) is 26.0. The largest absolute Gasteiger partial charge is 0.425 e. The van der Waals surface area contributed by atoms with E-state index in [-0.39, 0.29) is 48.7 Å². The summed E-state index contributed by atoms with van der Waals surface area (Å²) in [4.78, 5) is 54.0. The van der Waals surface area contributed by atoms with E-state index < -0.39 is 12.2 Å². The number of ether oxygens (including phenoxy) is 4. The molecule has 0 heterocycles. The highest BCUT2D eigenvalue weighted by molar-refractivity contribution is 5.78. The maximum atomic E-state index is 12.8. The zero-order chi connectivity index (χ0) is 50.5. The molecule has 68 heavy (non-hydrogen) atoms. The van der Waals surface area contributed by atoms with Crippen molar-refractivity contribution in [3.05, 3.63) is 94.1 Å². The quantitative estimate of drug-likeness (QED) is 0.0508. The van der Waals surface area contributed by atoms with Gasteiger partial charge in [-0.3, -0.25) is 19.4 Å². The lowest BCUT2D eigenvalue weighted by molar-refractivity contribution is -0.135. The number of aryl methyl sites for hydroxylation is 2. The molecule has 2 aliphatic carbocycles. The number of allylic oxidation sites excluding steroid dienone is 6. The van der Waals surface area contributed by atoms with Gasteiger partial charge >= 0.3 is 24.1 Å². The van der Waals surface area contributed by atoms with Crippen LogP contribution in [0.15, 0.2) is 71.9 Å². The van der Waals surface area contributed by atoms with Crippen molar-refractivity contribution in [1.29, 1.82) is 0 Å². The summed E-state index contributed by atoms with van der Waals surface area (Å²) in [6, 6.07) is 7.79. The van der Waals surface area contributed by atoms with E-state index in [2.05, 4.69) is 63.6 Å². The highest BCUT2D eigenvalue weighted by Gasteiger charge is 2.34. The zero-order valence-corrected chi connectivity index (χ0v) is 43.7. The number of carbonyl (C=O) groups excluding carboxylic acids is 4. The van der Waals surface area contributed by atoms with Crippen LogP contribution < -0.4 is 29.6 Å². The van der Waals surface area contributed by atoms with Crippen molar-refractivity contribution < 1.29 is 38.1 Å². The van der Waals surface area contributed by atoms with E-state index in [1.54, 1.807) is 9.80 Å². The van der Waals surface area contributed by atoms with E-state index in [0.717, 1.165) is 110 Å². The topological polar surface area (TPSA) is 136 Å². The van der Waals surface area contributed by atoms with Crippen molar-refractivity contribution in [2.24, 2.45) is 11.8 Å². The number of nitrogens with one attached hydrogen (secondary N) is 2. The van der Waals surface area contributed by atoms with E-state index >= 15 is 0 Å². The molecule has 4 unspecified atom stereocenters. The van der Waals surface area contributed by atoms with Crippen LogP contribution in [-0.4, -0.2) is 88.3 Å². The first-order valence-corrected chi connectivity index (χ1v) is 24.9. The molecule has 0 aromatic heterocycles. The molecule has 2 aromatic carbocycles. The van der Waals surface area contributed by atoms with Gasteiger partial charge in [0.25, 0.3) is 0 Å². The Hall–Kier alpha value is -5.20. The fraction of sp³-hybridized carbons (Fsp3) is 0.571. The Morgan fingerprint density at radius 2 is 0.912 bits per heavy atom. The zero-order valence-electron chi connectivity index (χ0n) is 43.7. The second-order valence-corrected chi connectivity index (χ2v) is 19.2. The molecule has 12 nitrogen and oxygen atoms in total. The molecule has 12 heteroatoms. The molecule has 2 amide bonds. The Morgan fingerprint density at radius 1 is 0.574 bits per heavy atom. The summed E-state index contributed by atoms with van der Waals surface area (Å²) in [5.41, 5.74) is 8.13. The van der Waals surface area contributed by atoms with Crippen LogP contribution in [0, 0.1) is 11.8 Å². The molecular weight excluding hydrogens is 857 g/mol. The lowest BCUT2D eigenvalue weighted by atomic mass is 9.73. The Bertz CT molecular complexity index is 2020. The lowest BCUT2D eigenvalue weighted by Crippen LogP contribution is -2.29. The molecule has 4 atom stereocenters. The summed E-state index contributed by atoms with van der Waals surface area (Å²) in [5, 5.41) is 5.41. The van der Waals surface area contributed by atoms with Crippen LogP contribution in [0.5, 0.6) is 23.0 Å². The van der Waals surface area contributed by atoms with Crippen molar-refractivity contribution >= 4 is 24.1 Å². The first kappa shape index (κ1) is 57.1. The summed E-state index contributed by atoms with van der Waals surface area (Å²) in [7, 11) is 7.34. The molecule has 2 aromatic rings. The Kier molecular flexibility index (Phi) is 24.3. The average Bonchev–Trinajstić information content (AvgIpc) is 3.23. The van der Waals surface area contributed by atoms with Crippen molar-refractivity contribution in [1.82, 2.24) is 20.4 Å². The fourth-order valence-electron chi connectivity index (χ4n) is 8.95. The number of esters is 2. The molecule has 4 rings (SSSR count). The third-order valence-corrected chi connectivity index (χ3v) is 12.3. The van der Waals surface area contributed by atoms with Crippen LogP contribution in [0.25, 0.3) is 0 Å². The number of rotatable bonds is 22. The van der Waals surface area contributed by atoms with Crippen LogP contribution in [-0.2, 0) is 22.4 Å². The number of nitrogens with zero attached hydrogens (tertiary/aromatic N) is 2. The van der Waals surface area contributed by atoms with Crippen LogP contribution in [0.2, 0.25) is 0 Å². The Balaban J connectivity index is 0.000000361. The minimum Gasteiger partial charge on any atom is -0.425 e. The Morgan fingerprint density at radius 3 is 1.21 bits per heavy atom. The second-order valence-electron chi connectivity index (χ2n) is 19.2. The van der Waals surface area contributed by atoms with Gasteiger partial charge in [-0.15, -0.1) is 0 Å². The number of likely N-dealkylation sites (N-methyl/N-ethyl adjacent to an activating group) is 2. The number of benzene rings is 2. The van der Waals surface area contributed by atoms with Crippen LogP contribution in [0.3, 0.4) is 0 Å². The van der Waals surface area contributed by atoms with E-state index in [1.807, 2.05) is 80.2 Å². The van der Waals surface area contributed by atoms with Crippen molar-refractivity contribution in [3.63, 3.8) is 0 Å². The first-order chi connectivity index (χ1) is 32.3. The van der Waals surface area contributed by atoms with Crippen molar-refractivity contribution in [2.45, 2.75) is 144 Å². The second kappa shape index (κ2) is 29.0. The standard InChI is InChI=1S/C29H44N2O4.C27H40N2O4/c1-9-10-11-12-22-16-25(34-27(32)18-30(5)6)29(26(17-22)35-28(33)19-31(7)8)24-15-21(4)13-14-23(24)20(2)3;1-7-10-11-12-20-16-23(32-26(30)28-8-2)25(24(17-20)33-27(31)29-9-3)22-15-19(6)13-14-21(22)18(4)5/h15-17,23-24H,2,9-14,18-19H2,1,3-8H3;15-17,21-22H,4,7-14H2,1-3,5-6H3,(H,28,30)(H,29,31). The number of unbranched alkanes of at least 4 members (excludes halogenated alkanes) is 4. The molecule has 0 fully saturated rings. The molecule has 2 aliphatic rings. The monoisotopic (exact) mass is 941 g/mol. The van der Waals surface area contributed by atoms with Crippen molar-refractivity contribution in [2.75, 3.05) is 54.4 Å². The Labute approximate surface area is 409 Å². The smallest absolute Gasteiger partial charge is 0.412 e. The van der Waals surface area contributed by atoms with Gasteiger partial charge in [-0.2, -0.15) is 0 Å². The summed E-state index contributed by atoms with van der Waals surface area (Å²) in [6.07, 6.45) is 15.4. The summed E-state index contributed by atoms with van der Waals surface area (Å²) in [5.74, 6) is 1.32. The lowest BCUT2D eigenvalue weighted by Gasteiger charge is -2.32. The van der Waals surface area contributed by atoms with Gasteiger partial charge in [0.1, 0.15) is 23.0 Å². The minimum absolute atomic E-state index is 0.0877. The highest BCUT2D eigenvalue weighted by atomic mass is 16.6. The number of hydrogen-bond donors (Lipinski definition) is 2. The van der Waals surface area contributed by atoms with Crippen LogP contribution >= 0.6 is 0 Å². The molecule has 0 aliphatic heterocycles. The van der Waals surface area contributed by atoms with Gasteiger partial charge in [-0.05, 0) is 168 Å². The minimum atomic E-state index is -0.517. The summed E-state index contributed by atoms with van der Waals surface area (Å²) < 4.78 is 23.6. The van der Waals surface area contributed by atoms with Gasteiger partial charge < -0.3 is 29.6 Å². The van der Waals surface area contributed by atoms with Gasteiger partial charge in [0, 0.05) is 36.1 Å². The molecule has 2 N–H and O–H groups in total. The molecular formula is C56H84N4O8. The van der Waals surface area contributed by atoms with Gasteiger partial charge in [0.2, 0.25) is 0 Å². The van der Waals surface area contributed by atoms with Crippen LogP contribution in [0.1, 0.15) is 154 Å².